The summed E-state index contributed by atoms with van der Waals surface area (Å²) in [7, 11) is 0. The first-order chi connectivity index (χ1) is 8.74. The maximum absolute atomic E-state index is 13.6. The van der Waals surface area contributed by atoms with Gasteiger partial charge in [0.1, 0.15) is 12.4 Å². The standard InChI is InChI=1S/C14H15FN2O/c15-13-8-4-3-7-12(13)14(18)17(10-9-16)11-5-1-2-6-11/h3-4,7-8,11H,1-2,5-6,10H2. The summed E-state index contributed by atoms with van der Waals surface area (Å²) in [6.07, 6.45) is 3.94. The lowest BCUT2D eigenvalue weighted by Gasteiger charge is -2.26. The molecule has 1 aliphatic carbocycles. The Morgan fingerprint density at radius 3 is 2.67 bits per heavy atom. The molecule has 1 saturated carbocycles. The van der Waals surface area contributed by atoms with Crippen molar-refractivity contribution in [2.24, 2.45) is 0 Å². The Hall–Kier alpha value is -1.89. The number of nitriles is 1. The lowest BCUT2D eigenvalue weighted by Crippen LogP contribution is -2.39. The van der Waals surface area contributed by atoms with Crippen molar-refractivity contribution in [1.82, 2.24) is 4.90 Å². The summed E-state index contributed by atoms with van der Waals surface area (Å²) in [5, 5.41) is 8.82. The molecule has 0 heterocycles. The number of carbonyl (C=O) groups excluding carboxylic acids is 1. The van der Waals surface area contributed by atoms with Crippen molar-refractivity contribution in [3.8, 4) is 6.07 Å². The smallest absolute Gasteiger partial charge is 0.257 e. The number of rotatable bonds is 3. The largest absolute Gasteiger partial charge is 0.322 e. The highest BCUT2D eigenvalue weighted by Gasteiger charge is 2.28. The maximum Gasteiger partial charge on any atom is 0.257 e. The Labute approximate surface area is 106 Å². The Bertz CT molecular complexity index is 475. The summed E-state index contributed by atoms with van der Waals surface area (Å²) in [6.45, 7) is 0.0256. The zero-order chi connectivity index (χ0) is 13.0. The topological polar surface area (TPSA) is 44.1 Å². The van der Waals surface area contributed by atoms with Crippen LogP contribution < -0.4 is 0 Å². The van der Waals surface area contributed by atoms with Gasteiger partial charge in [-0.05, 0) is 25.0 Å². The van der Waals surface area contributed by atoms with E-state index in [-0.39, 0.29) is 24.1 Å². The first-order valence-electron chi connectivity index (χ1n) is 6.16. The number of hydrogen-bond donors (Lipinski definition) is 0. The summed E-state index contributed by atoms with van der Waals surface area (Å²) in [4.78, 5) is 13.8. The highest BCUT2D eigenvalue weighted by molar-refractivity contribution is 5.94. The summed E-state index contributed by atoms with van der Waals surface area (Å²) in [5.74, 6) is -0.898. The van der Waals surface area contributed by atoms with Gasteiger partial charge in [0, 0.05) is 6.04 Å². The van der Waals surface area contributed by atoms with E-state index in [9.17, 15) is 9.18 Å². The molecule has 0 N–H and O–H groups in total. The molecule has 94 valence electrons. The van der Waals surface area contributed by atoms with Gasteiger partial charge in [0.15, 0.2) is 0 Å². The zero-order valence-corrected chi connectivity index (χ0v) is 10.1. The molecule has 2 rings (SSSR count). The van der Waals surface area contributed by atoms with E-state index >= 15 is 0 Å². The molecule has 0 aromatic heterocycles. The number of benzene rings is 1. The van der Waals surface area contributed by atoms with Gasteiger partial charge in [-0.2, -0.15) is 5.26 Å². The van der Waals surface area contributed by atoms with E-state index < -0.39 is 5.82 Å². The number of carbonyl (C=O) groups is 1. The molecule has 0 atom stereocenters. The lowest BCUT2D eigenvalue weighted by molar-refractivity contribution is 0.0704. The fraction of sp³-hybridized carbons (Fsp3) is 0.429. The molecule has 0 unspecified atom stereocenters. The number of nitrogens with zero attached hydrogens (tertiary/aromatic N) is 2. The van der Waals surface area contributed by atoms with E-state index in [0.29, 0.717) is 0 Å². The van der Waals surface area contributed by atoms with E-state index in [1.54, 1.807) is 12.1 Å². The van der Waals surface area contributed by atoms with Crippen LogP contribution in [0, 0.1) is 17.1 Å². The molecule has 0 aliphatic heterocycles. The molecule has 0 spiro atoms. The monoisotopic (exact) mass is 246 g/mol. The average Bonchev–Trinajstić information content (AvgIpc) is 2.89. The van der Waals surface area contributed by atoms with Gasteiger partial charge < -0.3 is 4.90 Å². The molecule has 1 aromatic carbocycles. The van der Waals surface area contributed by atoms with Gasteiger partial charge in [-0.15, -0.1) is 0 Å². The molecule has 3 nitrogen and oxygen atoms in total. The second-order valence-corrected chi connectivity index (χ2v) is 4.51. The minimum atomic E-state index is -0.525. The van der Waals surface area contributed by atoms with E-state index in [4.69, 9.17) is 5.26 Å². The van der Waals surface area contributed by atoms with Crippen LogP contribution in [0.4, 0.5) is 4.39 Å². The van der Waals surface area contributed by atoms with Crippen molar-refractivity contribution < 1.29 is 9.18 Å². The molecule has 0 saturated heterocycles. The van der Waals surface area contributed by atoms with Crippen LogP contribution in [0.2, 0.25) is 0 Å². The van der Waals surface area contributed by atoms with Crippen LogP contribution in [-0.4, -0.2) is 23.4 Å². The number of hydrogen-bond acceptors (Lipinski definition) is 2. The lowest BCUT2D eigenvalue weighted by atomic mass is 10.1. The third-order valence-corrected chi connectivity index (χ3v) is 3.37. The fourth-order valence-electron chi connectivity index (χ4n) is 2.45. The van der Waals surface area contributed by atoms with Crippen molar-refractivity contribution in [1.29, 1.82) is 5.26 Å². The number of halogens is 1. The highest BCUT2D eigenvalue weighted by Crippen LogP contribution is 2.25. The fourth-order valence-corrected chi connectivity index (χ4v) is 2.45. The molecule has 4 heteroatoms. The molecule has 1 aromatic rings. The molecule has 1 fully saturated rings. The van der Waals surface area contributed by atoms with Crippen LogP contribution in [0.25, 0.3) is 0 Å². The highest BCUT2D eigenvalue weighted by atomic mass is 19.1. The van der Waals surface area contributed by atoms with Crippen LogP contribution in [0.1, 0.15) is 36.0 Å². The van der Waals surface area contributed by atoms with Crippen LogP contribution >= 0.6 is 0 Å². The summed E-state index contributed by atoms with van der Waals surface area (Å²) in [6, 6.07) is 8.00. The van der Waals surface area contributed by atoms with Gasteiger partial charge >= 0.3 is 0 Å². The first-order valence-corrected chi connectivity index (χ1v) is 6.16. The van der Waals surface area contributed by atoms with Gasteiger partial charge in [0.25, 0.3) is 5.91 Å². The second kappa shape index (κ2) is 5.63. The van der Waals surface area contributed by atoms with Crippen molar-refractivity contribution >= 4 is 5.91 Å². The molecular formula is C14H15FN2O. The number of amides is 1. The molecule has 0 bridgehead atoms. The molecule has 1 amide bonds. The maximum atomic E-state index is 13.6. The van der Waals surface area contributed by atoms with E-state index in [2.05, 4.69) is 0 Å². The van der Waals surface area contributed by atoms with Crippen molar-refractivity contribution in [3.05, 3.63) is 35.6 Å². The van der Waals surface area contributed by atoms with E-state index in [0.717, 1.165) is 25.7 Å². The second-order valence-electron chi connectivity index (χ2n) is 4.51. The molecule has 0 radical (unpaired) electrons. The van der Waals surface area contributed by atoms with E-state index in [1.807, 2.05) is 6.07 Å². The predicted octanol–water partition coefficient (Wildman–Crippen LogP) is 2.73. The third-order valence-electron chi connectivity index (χ3n) is 3.37. The van der Waals surface area contributed by atoms with Crippen LogP contribution in [0.5, 0.6) is 0 Å². The van der Waals surface area contributed by atoms with Crippen LogP contribution in [0.15, 0.2) is 24.3 Å². The average molecular weight is 246 g/mol. The Morgan fingerprint density at radius 1 is 1.39 bits per heavy atom. The minimum absolute atomic E-state index is 0.0256. The van der Waals surface area contributed by atoms with Gasteiger partial charge in [-0.1, -0.05) is 25.0 Å². The van der Waals surface area contributed by atoms with Gasteiger partial charge in [0.05, 0.1) is 11.6 Å². The van der Waals surface area contributed by atoms with Gasteiger partial charge in [-0.25, -0.2) is 4.39 Å². The van der Waals surface area contributed by atoms with E-state index in [1.165, 1.54) is 17.0 Å². The normalized spacial score (nSPS) is 15.3. The Balaban J connectivity index is 2.23. The Kier molecular flexibility index (Phi) is 3.93. The Morgan fingerprint density at radius 2 is 2.06 bits per heavy atom. The summed E-state index contributed by atoms with van der Waals surface area (Å²) in [5.41, 5.74) is 0.0552. The van der Waals surface area contributed by atoms with Crippen molar-refractivity contribution in [2.45, 2.75) is 31.7 Å². The van der Waals surface area contributed by atoms with Crippen molar-refractivity contribution in [2.75, 3.05) is 6.54 Å². The molecular weight excluding hydrogens is 231 g/mol. The van der Waals surface area contributed by atoms with Gasteiger partial charge in [-0.3, -0.25) is 4.79 Å². The van der Waals surface area contributed by atoms with Crippen LogP contribution in [0.3, 0.4) is 0 Å². The van der Waals surface area contributed by atoms with Crippen LogP contribution in [-0.2, 0) is 0 Å². The third kappa shape index (κ3) is 2.51. The van der Waals surface area contributed by atoms with Gasteiger partial charge in [0.2, 0.25) is 0 Å². The minimum Gasteiger partial charge on any atom is -0.322 e. The summed E-state index contributed by atoms with van der Waals surface area (Å²) >= 11 is 0. The van der Waals surface area contributed by atoms with Crippen molar-refractivity contribution in [3.63, 3.8) is 0 Å². The molecule has 18 heavy (non-hydrogen) atoms. The summed E-state index contributed by atoms with van der Waals surface area (Å²) < 4.78 is 13.6. The quantitative estimate of drug-likeness (QED) is 0.770. The SMILES string of the molecule is N#CCN(C(=O)c1ccccc1F)C1CCCC1. The zero-order valence-electron chi connectivity index (χ0n) is 10.1. The predicted molar refractivity (Wildman–Crippen MR) is 65.3 cm³/mol. The molecule has 1 aliphatic rings. The first kappa shape index (κ1) is 12.6.